The van der Waals surface area contributed by atoms with Crippen molar-refractivity contribution in [3.63, 3.8) is 0 Å². The molecule has 0 bridgehead atoms. The Kier molecular flexibility index (Phi) is 2.12. The topological polar surface area (TPSA) is 26.0 Å². The van der Waals surface area contributed by atoms with E-state index in [0.717, 1.165) is 11.8 Å². The van der Waals surface area contributed by atoms with Crippen LogP contribution >= 0.6 is 0 Å². The van der Waals surface area contributed by atoms with Crippen LogP contribution in [0.25, 0.3) is 0 Å². The number of rotatable bonds is 2. The number of aryl methyl sites for hydroxylation is 1. The molecule has 1 aliphatic carbocycles. The second kappa shape index (κ2) is 3.15. The second-order valence-electron chi connectivity index (χ2n) is 4.22. The molecule has 1 aromatic rings. The number of nitrogens with two attached hydrogens (primary N) is 1. The van der Waals surface area contributed by atoms with E-state index < -0.39 is 0 Å². The summed E-state index contributed by atoms with van der Waals surface area (Å²) in [6, 6.07) is 9.00. The van der Waals surface area contributed by atoms with Crippen LogP contribution in [0.2, 0.25) is 0 Å². The van der Waals surface area contributed by atoms with E-state index in [-0.39, 0.29) is 0 Å². The van der Waals surface area contributed by atoms with Gasteiger partial charge in [-0.15, -0.1) is 0 Å². The molecule has 0 heterocycles. The van der Waals surface area contributed by atoms with Gasteiger partial charge in [0.2, 0.25) is 0 Å². The van der Waals surface area contributed by atoms with E-state index in [1.54, 1.807) is 0 Å². The van der Waals surface area contributed by atoms with Crippen molar-refractivity contribution in [1.29, 1.82) is 0 Å². The van der Waals surface area contributed by atoms with Gasteiger partial charge in [-0.2, -0.15) is 0 Å². The molecule has 0 unspecified atom stereocenters. The van der Waals surface area contributed by atoms with E-state index >= 15 is 0 Å². The first kappa shape index (κ1) is 8.76. The van der Waals surface area contributed by atoms with Crippen LogP contribution in [0.1, 0.15) is 30.4 Å². The molecule has 1 heteroatoms. The molecule has 1 fully saturated rings. The van der Waals surface area contributed by atoms with Gasteiger partial charge < -0.3 is 5.73 Å². The van der Waals surface area contributed by atoms with Gasteiger partial charge in [-0.25, -0.2) is 0 Å². The van der Waals surface area contributed by atoms with Crippen molar-refractivity contribution < 1.29 is 0 Å². The highest BCUT2D eigenvalue weighted by Gasteiger charge is 2.41. The molecule has 2 N–H and O–H groups in total. The maximum absolute atomic E-state index is 5.88. The number of benzene rings is 1. The molecule has 1 aliphatic rings. The van der Waals surface area contributed by atoms with Crippen molar-refractivity contribution >= 4 is 0 Å². The summed E-state index contributed by atoms with van der Waals surface area (Å²) in [5.41, 5.74) is 8.79. The zero-order valence-electron chi connectivity index (χ0n) is 8.33. The first-order valence-electron chi connectivity index (χ1n) is 5.01. The molecule has 0 aliphatic heterocycles. The van der Waals surface area contributed by atoms with Gasteiger partial charge >= 0.3 is 0 Å². The van der Waals surface area contributed by atoms with Crippen LogP contribution in [0.15, 0.2) is 24.3 Å². The summed E-state index contributed by atoms with van der Waals surface area (Å²) in [5, 5.41) is 0. The van der Waals surface area contributed by atoms with Crippen LogP contribution in [0.4, 0.5) is 0 Å². The van der Waals surface area contributed by atoms with Crippen molar-refractivity contribution in [3.05, 3.63) is 35.4 Å². The summed E-state index contributed by atoms with van der Waals surface area (Å²) < 4.78 is 0. The van der Waals surface area contributed by atoms with Gasteiger partial charge in [-0.3, -0.25) is 0 Å². The third-order valence-electron chi connectivity index (χ3n) is 3.10. The molecule has 1 aromatic carbocycles. The van der Waals surface area contributed by atoms with Gasteiger partial charge in [0.25, 0.3) is 0 Å². The van der Waals surface area contributed by atoms with Gasteiger partial charge in [0, 0.05) is 6.04 Å². The van der Waals surface area contributed by atoms with E-state index in [2.05, 4.69) is 38.1 Å². The minimum atomic E-state index is 0.351. The lowest BCUT2D eigenvalue weighted by atomic mass is 10.0. The molecule has 13 heavy (non-hydrogen) atoms. The molecule has 0 amide bonds. The summed E-state index contributed by atoms with van der Waals surface area (Å²) in [7, 11) is 0. The third-order valence-corrected chi connectivity index (χ3v) is 3.10. The maximum atomic E-state index is 5.88. The van der Waals surface area contributed by atoms with E-state index in [4.69, 9.17) is 5.73 Å². The highest BCUT2D eigenvalue weighted by molar-refractivity contribution is 5.33. The fraction of sp³-hybridized carbons (Fsp3) is 0.500. The lowest BCUT2D eigenvalue weighted by Crippen LogP contribution is -2.18. The van der Waals surface area contributed by atoms with Crippen LogP contribution in [-0.2, 0) is 0 Å². The van der Waals surface area contributed by atoms with Crippen molar-refractivity contribution in [3.8, 4) is 0 Å². The fourth-order valence-corrected chi connectivity index (χ4v) is 2.16. The zero-order chi connectivity index (χ0) is 9.42. The molecular formula is C12H17N. The maximum Gasteiger partial charge on any atom is 0.00448 e. The Morgan fingerprint density at radius 1 is 1.38 bits per heavy atom. The largest absolute Gasteiger partial charge is 0.328 e. The van der Waals surface area contributed by atoms with Gasteiger partial charge in [-0.05, 0) is 43.2 Å². The first-order chi connectivity index (χ1) is 6.20. The van der Waals surface area contributed by atoms with Crippen molar-refractivity contribution in [2.24, 2.45) is 11.7 Å². The molecule has 1 nitrogen and oxygen atoms in total. The quantitative estimate of drug-likeness (QED) is 0.734. The standard InChI is InChI=1S/C12H17N/c1-8-5-3-4-6-10(8)12-7-11(12)9(2)13/h3-6,9,11-12H,7,13H2,1-2H3/t9-,11+,12-/m0/s1. The summed E-state index contributed by atoms with van der Waals surface area (Å²) in [6.45, 7) is 4.30. The van der Waals surface area contributed by atoms with Gasteiger partial charge in [0.1, 0.15) is 0 Å². The van der Waals surface area contributed by atoms with Crippen LogP contribution < -0.4 is 5.73 Å². The average Bonchev–Trinajstić information content (AvgIpc) is 2.84. The SMILES string of the molecule is Cc1ccccc1[C@@H]1C[C@@H]1[C@H](C)N. The summed E-state index contributed by atoms with van der Waals surface area (Å²) in [6.07, 6.45) is 1.28. The first-order valence-corrected chi connectivity index (χ1v) is 5.01. The number of hydrogen-bond acceptors (Lipinski definition) is 1. The average molecular weight is 175 g/mol. The minimum Gasteiger partial charge on any atom is -0.328 e. The Morgan fingerprint density at radius 3 is 2.62 bits per heavy atom. The third kappa shape index (κ3) is 1.61. The zero-order valence-corrected chi connectivity index (χ0v) is 8.33. The highest BCUT2D eigenvalue weighted by Crippen LogP contribution is 2.49. The Morgan fingerprint density at radius 2 is 2.08 bits per heavy atom. The van der Waals surface area contributed by atoms with Crippen LogP contribution in [0, 0.1) is 12.8 Å². The molecule has 0 spiro atoms. The lowest BCUT2D eigenvalue weighted by Gasteiger charge is -2.06. The lowest BCUT2D eigenvalue weighted by molar-refractivity contribution is 0.631. The van der Waals surface area contributed by atoms with Crippen molar-refractivity contribution in [2.75, 3.05) is 0 Å². The molecule has 0 aromatic heterocycles. The Balaban J connectivity index is 2.16. The Bertz CT molecular complexity index is 304. The van der Waals surface area contributed by atoms with E-state index in [1.807, 2.05) is 0 Å². The monoisotopic (exact) mass is 175 g/mol. The predicted octanol–water partition coefficient (Wildman–Crippen LogP) is 2.45. The molecule has 70 valence electrons. The summed E-state index contributed by atoms with van der Waals surface area (Å²) in [4.78, 5) is 0. The molecule has 2 rings (SSSR count). The van der Waals surface area contributed by atoms with Crippen LogP contribution in [-0.4, -0.2) is 6.04 Å². The number of hydrogen-bond donors (Lipinski definition) is 1. The Hall–Kier alpha value is -0.820. The summed E-state index contributed by atoms with van der Waals surface area (Å²) in [5.74, 6) is 1.46. The van der Waals surface area contributed by atoms with Gasteiger partial charge in [0.15, 0.2) is 0 Å². The predicted molar refractivity (Wildman–Crippen MR) is 55.7 cm³/mol. The molecule has 1 saturated carbocycles. The van der Waals surface area contributed by atoms with E-state index in [1.165, 1.54) is 17.5 Å². The molecule has 0 saturated heterocycles. The Labute approximate surface area is 80.0 Å². The van der Waals surface area contributed by atoms with Crippen LogP contribution in [0.5, 0.6) is 0 Å². The van der Waals surface area contributed by atoms with Crippen LogP contribution in [0.3, 0.4) is 0 Å². The van der Waals surface area contributed by atoms with E-state index in [0.29, 0.717) is 6.04 Å². The fourth-order valence-electron chi connectivity index (χ4n) is 2.16. The van der Waals surface area contributed by atoms with Crippen molar-refractivity contribution in [1.82, 2.24) is 0 Å². The van der Waals surface area contributed by atoms with Gasteiger partial charge in [-0.1, -0.05) is 24.3 Å². The smallest absolute Gasteiger partial charge is 0.00448 e. The second-order valence-corrected chi connectivity index (χ2v) is 4.22. The summed E-state index contributed by atoms with van der Waals surface area (Å²) >= 11 is 0. The van der Waals surface area contributed by atoms with E-state index in [9.17, 15) is 0 Å². The van der Waals surface area contributed by atoms with Gasteiger partial charge in [0.05, 0.1) is 0 Å². The molecule has 3 atom stereocenters. The normalized spacial score (nSPS) is 28.5. The molecule has 0 radical (unpaired) electrons. The minimum absolute atomic E-state index is 0.351. The highest BCUT2D eigenvalue weighted by atomic mass is 14.7. The molecular weight excluding hydrogens is 158 g/mol. The van der Waals surface area contributed by atoms with Crippen molar-refractivity contribution in [2.45, 2.75) is 32.2 Å².